The molecule has 0 radical (unpaired) electrons. The highest BCUT2D eigenvalue weighted by molar-refractivity contribution is 7.10. The highest BCUT2D eigenvalue weighted by atomic mass is 32.1. The van der Waals surface area contributed by atoms with Gasteiger partial charge >= 0.3 is 0 Å². The zero-order chi connectivity index (χ0) is 21.3. The Kier molecular flexibility index (Phi) is 5.67. The molecule has 1 saturated heterocycles. The van der Waals surface area contributed by atoms with Crippen molar-refractivity contribution in [3.05, 3.63) is 63.9 Å². The van der Waals surface area contributed by atoms with Crippen LogP contribution in [0.1, 0.15) is 54.0 Å². The van der Waals surface area contributed by atoms with Gasteiger partial charge in [-0.1, -0.05) is 28.9 Å². The number of aryl methyl sites for hydroxylation is 2. The number of nitrogens with zero attached hydrogens (tertiary/aromatic N) is 3. The Labute approximate surface area is 179 Å². The molecular weight excluding hydrogens is 400 g/mol. The van der Waals surface area contributed by atoms with E-state index in [1.54, 1.807) is 23.2 Å². The monoisotopic (exact) mass is 424 g/mol. The number of carbonyl (C=O) groups is 2. The second-order valence-electron chi connectivity index (χ2n) is 7.61. The van der Waals surface area contributed by atoms with Gasteiger partial charge in [-0.2, -0.15) is 4.98 Å². The molecule has 3 atom stereocenters. The van der Waals surface area contributed by atoms with Gasteiger partial charge in [-0.05, 0) is 50.8 Å². The second kappa shape index (κ2) is 8.39. The van der Waals surface area contributed by atoms with Crippen LogP contribution in [-0.2, 0) is 9.59 Å². The standard InChI is InChI=1S/C22H24N4O3S/c1-13-6-8-16(9-7-13)26-19(27)11-10-17(20(26)18-5-4-12-30-18)21(28)23-14(2)22-24-15(3)25-29-22/h4-9,12,14,17,20H,10-11H2,1-3H3,(H,23,28)/t14-,17+,20+/m1/s1. The summed E-state index contributed by atoms with van der Waals surface area (Å²) in [5.41, 5.74) is 1.93. The highest BCUT2D eigenvalue weighted by Gasteiger charge is 2.42. The molecule has 30 heavy (non-hydrogen) atoms. The fraction of sp³-hybridized carbons (Fsp3) is 0.364. The van der Waals surface area contributed by atoms with Crippen molar-refractivity contribution in [1.82, 2.24) is 15.5 Å². The first-order chi connectivity index (χ1) is 14.4. The summed E-state index contributed by atoms with van der Waals surface area (Å²) >= 11 is 1.56. The van der Waals surface area contributed by atoms with Crippen molar-refractivity contribution in [1.29, 1.82) is 0 Å². The van der Waals surface area contributed by atoms with Crippen LogP contribution >= 0.6 is 11.3 Å². The van der Waals surface area contributed by atoms with Crippen molar-refractivity contribution in [2.45, 2.75) is 45.7 Å². The molecule has 1 aromatic carbocycles. The fourth-order valence-electron chi connectivity index (χ4n) is 3.83. The van der Waals surface area contributed by atoms with E-state index in [4.69, 9.17) is 4.52 Å². The molecule has 1 N–H and O–H groups in total. The maximum absolute atomic E-state index is 13.3. The van der Waals surface area contributed by atoms with Crippen LogP contribution in [-0.4, -0.2) is 22.0 Å². The molecule has 0 spiro atoms. The normalized spacial score (nSPS) is 20.2. The number of aromatic nitrogens is 2. The first-order valence-corrected chi connectivity index (χ1v) is 10.8. The van der Waals surface area contributed by atoms with E-state index in [-0.39, 0.29) is 23.8 Å². The molecular formula is C22H24N4O3S. The molecule has 0 bridgehead atoms. The number of hydrogen-bond donors (Lipinski definition) is 1. The SMILES string of the molecule is Cc1ccc(N2C(=O)CC[C@H](C(=O)N[C@H](C)c3nc(C)no3)[C@H]2c2cccs2)cc1. The first-order valence-electron chi connectivity index (χ1n) is 9.96. The van der Waals surface area contributed by atoms with Crippen LogP contribution < -0.4 is 10.2 Å². The third-order valence-corrected chi connectivity index (χ3v) is 6.30. The number of nitrogens with one attached hydrogen (secondary N) is 1. The number of anilines is 1. The van der Waals surface area contributed by atoms with Crippen molar-refractivity contribution in [2.24, 2.45) is 5.92 Å². The van der Waals surface area contributed by atoms with E-state index in [9.17, 15) is 9.59 Å². The summed E-state index contributed by atoms with van der Waals surface area (Å²) in [6.45, 7) is 5.56. The van der Waals surface area contributed by atoms with E-state index < -0.39 is 6.04 Å². The van der Waals surface area contributed by atoms with Crippen LogP contribution in [0.25, 0.3) is 0 Å². The van der Waals surface area contributed by atoms with Crippen LogP contribution in [0.3, 0.4) is 0 Å². The van der Waals surface area contributed by atoms with Crippen molar-refractivity contribution in [3.63, 3.8) is 0 Å². The smallest absolute Gasteiger partial charge is 0.248 e. The molecule has 156 valence electrons. The minimum atomic E-state index is -0.409. The number of benzene rings is 1. The van der Waals surface area contributed by atoms with Gasteiger partial charge in [0.25, 0.3) is 0 Å². The van der Waals surface area contributed by atoms with Crippen molar-refractivity contribution in [3.8, 4) is 0 Å². The van der Waals surface area contributed by atoms with E-state index >= 15 is 0 Å². The summed E-state index contributed by atoms with van der Waals surface area (Å²) < 4.78 is 5.19. The summed E-state index contributed by atoms with van der Waals surface area (Å²) in [6.07, 6.45) is 0.813. The number of amides is 2. The lowest BCUT2D eigenvalue weighted by Crippen LogP contribution is -2.48. The quantitative estimate of drug-likeness (QED) is 0.666. The van der Waals surface area contributed by atoms with Crippen LogP contribution in [0.15, 0.2) is 46.3 Å². The molecule has 3 heterocycles. The molecule has 0 saturated carbocycles. The highest BCUT2D eigenvalue weighted by Crippen LogP contribution is 2.41. The Morgan fingerprint density at radius 1 is 1.27 bits per heavy atom. The molecule has 2 aromatic heterocycles. The number of thiophene rings is 1. The molecule has 3 aromatic rings. The Hall–Kier alpha value is -3.00. The van der Waals surface area contributed by atoms with Crippen molar-refractivity contribution in [2.75, 3.05) is 4.90 Å². The van der Waals surface area contributed by atoms with E-state index in [2.05, 4.69) is 15.5 Å². The Balaban J connectivity index is 1.65. The Morgan fingerprint density at radius 2 is 2.03 bits per heavy atom. The minimum Gasteiger partial charge on any atom is -0.344 e. The number of carbonyl (C=O) groups excluding carboxylic acids is 2. The van der Waals surface area contributed by atoms with Crippen LogP contribution in [0.2, 0.25) is 0 Å². The zero-order valence-corrected chi connectivity index (χ0v) is 18.0. The Morgan fingerprint density at radius 3 is 2.67 bits per heavy atom. The second-order valence-corrected chi connectivity index (χ2v) is 8.59. The van der Waals surface area contributed by atoms with Gasteiger partial charge in [0, 0.05) is 17.0 Å². The van der Waals surface area contributed by atoms with Gasteiger partial charge in [0.05, 0.1) is 12.0 Å². The lowest BCUT2D eigenvalue weighted by Gasteiger charge is -2.40. The Bertz CT molecular complexity index is 1030. The summed E-state index contributed by atoms with van der Waals surface area (Å²) in [7, 11) is 0. The minimum absolute atomic E-state index is 0.0295. The van der Waals surface area contributed by atoms with Gasteiger partial charge in [-0.15, -0.1) is 11.3 Å². The maximum atomic E-state index is 13.3. The summed E-state index contributed by atoms with van der Waals surface area (Å²) in [5.74, 6) is 0.421. The van der Waals surface area contributed by atoms with Crippen LogP contribution in [0.5, 0.6) is 0 Å². The van der Waals surface area contributed by atoms with Gasteiger partial charge in [0.15, 0.2) is 5.82 Å². The molecule has 7 nitrogen and oxygen atoms in total. The molecule has 2 amide bonds. The maximum Gasteiger partial charge on any atom is 0.248 e. The van der Waals surface area contributed by atoms with Crippen LogP contribution in [0.4, 0.5) is 5.69 Å². The number of rotatable bonds is 5. The van der Waals surface area contributed by atoms with Gasteiger partial charge in [-0.3, -0.25) is 9.59 Å². The summed E-state index contributed by atoms with van der Waals surface area (Å²) in [6, 6.07) is 11.0. The van der Waals surface area contributed by atoms with E-state index in [0.29, 0.717) is 24.6 Å². The molecule has 0 unspecified atom stereocenters. The lowest BCUT2D eigenvalue weighted by atomic mass is 9.86. The zero-order valence-electron chi connectivity index (χ0n) is 17.2. The molecule has 1 aliphatic heterocycles. The van der Waals surface area contributed by atoms with E-state index in [1.165, 1.54) is 0 Å². The third-order valence-electron chi connectivity index (χ3n) is 5.35. The first kappa shape index (κ1) is 20.3. The van der Waals surface area contributed by atoms with Gasteiger partial charge in [0.1, 0.15) is 6.04 Å². The molecule has 0 aliphatic carbocycles. The fourth-order valence-corrected chi connectivity index (χ4v) is 4.71. The predicted octanol–water partition coefficient (Wildman–Crippen LogP) is 4.11. The topological polar surface area (TPSA) is 88.3 Å². The average Bonchev–Trinajstić information content (AvgIpc) is 3.40. The van der Waals surface area contributed by atoms with Crippen molar-refractivity contribution < 1.29 is 14.1 Å². The van der Waals surface area contributed by atoms with Crippen molar-refractivity contribution >= 4 is 28.8 Å². The third kappa shape index (κ3) is 4.00. The lowest BCUT2D eigenvalue weighted by molar-refractivity contribution is -0.129. The summed E-state index contributed by atoms with van der Waals surface area (Å²) in [4.78, 5) is 33.2. The largest absolute Gasteiger partial charge is 0.344 e. The molecule has 4 rings (SSSR count). The molecule has 1 aliphatic rings. The number of piperidine rings is 1. The number of hydrogen-bond acceptors (Lipinski definition) is 6. The van der Waals surface area contributed by atoms with E-state index in [1.807, 2.05) is 55.6 Å². The molecule has 8 heteroatoms. The molecule has 1 fully saturated rings. The van der Waals surface area contributed by atoms with Gasteiger partial charge < -0.3 is 14.7 Å². The predicted molar refractivity (Wildman–Crippen MR) is 114 cm³/mol. The average molecular weight is 425 g/mol. The van der Waals surface area contributed by atoms with E-state index in [0.717, 1.165) is 16.1 Å². The van der Waals surface area contributed by atoms with Gasteiger partial charge in [0.2, 0.25) is 17.7 Å². The van der Waals surface area contributed by atoms with Crippen LogP contribution in [0, 0.1) is 19.8 Å². The van der Waals surface area contributed by atoms with Gasteiger partial charge in [-0.25, -0.2) is 0 Å². The summed E-state index contributed by atoms with van der Waals surface area (Å²) in [5, 5.41) is 8.76.